The Morgan fingerprint density at radius 3 is 2.31 bits per heavy atom. The van der Waals surface area contributed by atoms with Crippen LogP contribution in [-0.2, 0) is 9.47 Å². The molecule has 0 aliphatic heterocycles. The topological polar surface area (TPSA) is 106 Å². The van der Waals surface area contributed by atoms with Crippen LogP contribution < -0.4 is 16.2 Å². The summed E-state index contributed by atoms with van der Waals surface area (Å²) in [6, 6.07) is 3.42. The number of amides is 1. The summed E-state index contributed by atoms with van der Waals surface area (Å²) in [5.74, 6) is -1.50. The van der Waals surface area contributed by atoms with E-state index < -0.39 is 11.9 Å². The SMILES string of the molecule is CCOC(=O)c1sc(NC(=S)NNC(=O)c2ccc(Br)s2)c(C(=O)OCC)c1C. The molecule has 0 saturated carbocycles. The zero-order valence-electron chi connectivity index (χ0n) is 15.7. The van der Waals surface area contributed by atoms with Crippen LogP contribution in [0.15, 0.2) is 15.9 Å². The summed E-state index contributed by atoms with van der Waals surface area (Å²) in [4.78, 5) is 37.4. The summed E-state index contributed by atoms with van der Waals surface area (Å²) in [6.45, 7) is 5.40. The van der Waals surface area contributed by atoms with Gasteiger partial charge in [0.25, 0.3) is 5.91 Å². The van der Waals surface area contributed by atoms with Crippen LogP contribution in [0.3, 0.4) is 0 Å². The first kappa shape index (κ1) is 23.3. The second-order valence-corrected chi connectivity index (χ2v) is 9.23. The van der Waals surface area contributed by atoms with Gasteiger partial charge in [0.2, 0.25) is 0 Å². The summed E-state index contributed by atoms with van der Waals surface area (Å²) < 4.78 is 10.9. The molecule has 0 fully saturated rings. The maximum atomic E-state index is 12.4. The van der Waals surface area contributed by atoms with Gasteiger partial charge in [-0.05, 0) is 66.6 Å². The van der Waals surface area contributed by atoms with Gasteiger partial charge in [-0.2, -0.15) is 0 Å². The number of hydrogen-bond acceptors (Lipinski definition) is 8. The molecule has 2 aromatic heterocycles. The fourth-order valence-corrected chi connectivity index (χ4v) is 4.78. The first-order valence-corrected chi connectivity index (χ1v) is 11.2. The molecule has 3 N–H and O–H groups in total. The smallest absolute Gasteiger partial charge is 0.348 e. The van der Waals surface area contributed by atoms with Crippen molar-refractivity contribution in [1.82, 2.24) is 10.9 Å². The van der Waals surface area contributed by atoms with Crippen LogP contribution in [0, 0.1) is 6.92 Å². The van der Waals surface area contributed by atoms with E-state index in [-0.39, 0.29) is 34.7 Å². The summed E-state index contributed by atoms with van der Waals surface area (Å²) in [5.41, 5.74) is 5.66. The molecule has 156 valence electrons. The van der Waals surface area contributed by atoms with Crippen LogP contribution in [0.25, 0.3) is 0 Å². The number of hydrazine groups is 1. The molecule has 0 spiro atoms. The van der Waals surface area contributed by atoms with E-state index in [1.165, 1.54) is 11.3 Å². The molecular weight excluding hydrogens is 502 g/mol. The van der Waals surface area contributed by atoms with Gasteiger partial charge < -0.3 is 14.8 Å². The lowest BCUT2D eigenvalue weighted by Crippen LogP contribution is -2.43. The van der Waals surface area contributed by atoms with Crippen LogP contribution in [-0.4, -0.2) is 36.2 Å². The summed E-state index contributed by atoms with van der Waals surface area (Å²) in [7, 11) is 0. The van der Waals surface area contributed by atoms with Crippen molar-refractivity contribution >= 4 is 78.8 Å². The van der Waals surface area contributed by atoms with Crippen LogP contribution >= 0.6 is 50.8 Å². The number of carbonyl (C=O) groups is 3. The van der Waals surface area contributed by atoms with E-state index >= 15 is 0 Å². The molecule has 0 aromatic carbocycles. The number of anilines is 1. The highest BCUT2D eigenvalue weighted by Gasteiger charge is 2.26. The molecule has 0 radical (unpaired) electrons. The molecule has 0 unspecified atom stereocenters. The Morgan fingerprint density at radius 1 is 1.07 bits per heavy atom. The number of rotatable bonds is 6. The summed E-state index contributed by atoms with van der Waals surface area (Å²) in [6.07, 6.45) is 0. The molecule has 0 aliphatic carbocycles. The highest BCUT2D eigenvalue weighted by atomic mass is 79.9. The zero-order valence-corrected chi connectivity index (χ0v) is 19.7. The zero-order chi connectivity index (χ0) is 21.6. The number of esters is 2. The first-order chi connectivity index (χ1) is 13.8. The van der Waals surface area contributed by atoms with Crippen molar-refractivity contribution in [2.45, 2.75) is 20.8 Å². The molecule has 1 amide bonds. The molecule has 8 nitrogen and oxygen atoms in total. The average molecular weight is 520 g/mol. The molecule has 12 heteroatoms. The van der Waals surface area contributed by atoms with Gasteiger partial charge in [-0.15, -0.1) is 22.7 Å². The number of nitrogens with one attached hydrogen (secondary N) is 3. The Morgan fingerprint density at radius 2 is 1.72 bits per heavy atom. The fourth-order valence-electron chi connectivity index (χ4n) is 2.19. The fraction of sp³-hybridized carbons (Fsp3) is 0.294. The van der Waals surface area contributed by atoms with Crippen LogP contribution in [0.4, 0.5) is 5.00 Å². The standard InChI is InChI=1S/C17H18BrN3O5S3/c1-4-25-15(23)11-8(3)12(16(24)26-5-2)29-14(11)19-17(27)21-20-13(22)9-6-7-10(18)28-9/h6-7H,4-5H2,1-3H3,(H,20,22)(H2,19,21,27). The van der Waals surface area contributed by atoms with Crippen LogP contribution in [0.2, 0.25) is 0 Å². The van der Waals surface area contributed by atoms with Gasteiger partial charge in [-0.25, -0.2) is 9.59 Å². The van der Waals surface area contributed by atoms with Gasteiger partial charge in [0, 0.05) is 0 Å². The summed E-state index contributed by atoms with van der Waals surface area (Å²) in [5, 5.41) is 3.18. The molecule has 0 aliphatic rings. The minimum atomic E-state index is -0.588. The van der Waals surface area contributed by atoms with E-state index in [4.69, 9.17) is 21.7 Å². The number of hydrogen-bond donors (Lipinski definition) is 3. The normalized spacial score (nSPS) is 10.2. The predicted molar refractivity (Wildman–Crippen MR) is 120 cm³/mol. The van der Waals surface area contributed by atoms with Crippen molar-refractivity contribution in [3.05, 3.63) is 36.8 Å². The Hall–Kier alpha value is -2.02. The van der Waals surface area contributed by atoms with Crippen molar-refractivity contribution in [3.8, 4) is 0 Å². The minimum Gasteiger partial charge on any atom is -0.462 e. The van der Waals surface area contributed by atoms with Gasteiger partial charge in [0.1, 0.15) is 9.88 Å². The molecule has 2 aromatic rings. The second-order valence-electron chi connectivity index (χ2n) is 5.34. The summed E-state index contributed by atoms with van der Waals surface area (Å²) >= 11 is 10.8. The monoisotopic (exact) mass is 519 g/mol. The van der Waals surface area contributed by atoms with Gasteiger partial charge in [-0.1, -0.05) is 0 Å². The van der Waals surface area contributed by atoms with Gasteiger partial charge in [-0.3, -0.25) is 15.6 Å². The van der Waals surface area contributed by atoms with Gasteiger partial charge >= 0.3 is 11.9 Å². The highest BCUT2D eigenvalue weighted by Crippen LogP contribution is 2.34. The first-order valence-electron chi connectivity index (χ1n) is 8.38. The number of halogens is 1. The van der Waals surface area contributed by atoms with Crippen molar-refractivity contribution in [3.63, 3.8) is 0 Å². The lowest BCUT2D eigenvalue weighted by Gasteiger charge is -2.11. The maximum Gasteiger partial charge on any atom is 0.348 e. The Labute approximate surface area is 189 Å². The Kier molecular flexibility index (Phi) is 8.56. The van der Waals surface area contributed by atoms with Crippen molar-refractivity contribution < 1.29 is 23.9 Å². The number of carbonyl (C=O) groups excluding carboxylic acids is 3. The van der Waals surface area contributed by atoms with Gasteiger partial charge in [0.05, 0.1) is 27.4 Å². The third-order valence-electron chi connectivity index (χ3n) is 3.40. The lowest BCUT2D eigenvalue weighted by atomic mass is 10.1. The maximum absolute atomic E-state index is 12.4. The molecule has 0 saturated heterocycles. The van der Waals surface area contributed by atoms with E-state index in [9.17, 15) is 14.4 Å². The Balaban J connectivity index is 2.15. The number of thiophene rings is 2. The van der Waals surface area contributed by atoms with Crippen LogP contribution in [0.1, 0.15) is 49.1 Å². The molecule has 0 bridgehead atoms. The average Bonchev–Trinajstić information content (AvgIpc) is 3.23. The van der Waals surface area contributed by atoms with Crippen molar-refractivity contribution in [1.29, 1.82) is 0 Å². The molecular formula is C17H18BrN3O5S3. The second kappa shape index (κ2) is 10.7. The van der Waals surface area contributed by atoms with Crippen LogP contribution in [0.5, 0.6) is 0 Å². The van der Waals surface area contributed by atoms with E-state index in [1.54, 1.807) is 32.9 Å². The quantitative estimate of drug-likeness (QED) is 0.300. The van der Waals surface area contributed by atoms with Gasteiger partial charge in [0.15, 0.2) is 5.11 Å². The molecule has 2 heterocycles. The number of ether oxygens (including phenoxy) is 2. The number of thiocarbonyl (C=S) groups is 1. The van der Waals surface area contributed by atoms with E-state index in [2.05, 4.69) is 32.1 Å². The van der Waals surface area contributed by atoms with E-state index in [1.807, 2.05) is 0 Å². The molecule has 2 rings (SSSR count). The predicted octanol–water partition coefficient (Wildman–Crippen LogP) is 3.87. The molecule has 29 heavy (non-hydrogen) atoms. The molecule has 0 atom stereocenters. The third-order valence-corrected chi connectivity index (χ3v) is 6.41. The van der Waals surface area contributed by atoms with E-state index in [0.29, 0.717) is 15.4 Å². The van der Waals surface area contributed by atoms with Crippen molar-refractivity contribution in [2.24, 2.45) is 0 Å². The largest absolute Gasteiger partial charge is 0.462 e. The highest BCUT2D eigenvalue weighted by molar-refractivity contribution is 9.11. The third kappa shape index (κ3) is 5.98. The van der Waals surface area contributed by atoms with E-state index in [0.717, 1.165) is 15.1 Å². The lowest BCUT2D eigenvalue weighted by molar-refractivity contribution is 0.0527. The Bertz CT molecular complexity index is 941. The van der Waals surface area contributed by atoms with Crippen molar-refractivity contribution in [2.75, 3.05) is 18.5 Å². The minimum absolute atomic E-state index is 0.0381.